The highest BCUT2D eigenvalue weighted by Gasteiger charge is 2.12. The molecule has 0 aliphatic carbocycles. The summed E-state index contributed by atoms with van der Waals surface area (Å²) in [5.41, 5.74) is 2.30. The van der Waals surface area contributed by atoms with Gasteiger partial charge in [0.25, 0.3) is 0 Å². The van der Waals surface area contributed by atoms with Crippen LogP contribution < -0.4 is 4.74 Å². The van der Waals surface area contributed by atoms with Gasteiger partial charge in [-0.2, -0.15) is 5.10 Å². The van der Waals surface area contributed by atoms with E-state index in [0.29, 0.717) is 19.1 Å². The molecule has 1 aromatic carbocycles. The van der Waals surface area contributed by atoms with E-state index in [4.69, 9.17) is 4.74 Å². The number of hydrogen-bond donors (Lipinski definition) is 1. The van der Waals surface area contributed by atoms with Gasteiger partial charge in [0.05, 0.1) is 6.20 Å². The maximum atomic E-state index is 10.2. The van der Waals surface area contributed by atoms with Crippen molar-refractivity contribution in [3.05, 3.63) is 47.8 Å². The summed E-state index contributed by atoms with van der Waals surface area (Å²) in [5.74, 6) is 1.26. The van der Waals surface area contributed by atoms with Crippen LogP contribution in [0.2, 0.25) is 0 Å². The Morgan fingerprint density at radius 3 is 2.70 bits per heavy atom. The molecule has 5 nitrogen and oxygen atoms in total. The summed E-state index contributed by atoms with van der Waals surface area (Å²) in [4.78, 5) is 2.07. The Bertz CT molecular complexity index is 610. The maximum Gasteiger partial charge on any atom is 0.122 e. The molecule has 0 radical (unpaired) electrons. The lowest BCUT2D eigenvalue weighted by molar-refractivity contribution is 0.0739. The monoisotopic (exact) mass is 317 g/mol. The summed E-state index contributed by atoms with van der Waals surface area (Å²) in [7, 11) is 3.89. The number of aliphatic hydroxyl groups is 1. The molecular formula is C18H27N3O2. The number of aliphatic hydroxyl groups excluding tert-OH is 1. The molecule has 0 spiro atoms. The zero-order chi connectivity index (χ0) is 16.8. The number of aromatic nitrogens is 2. The minimum absolute atomic E-state index is 0.293. The molecule has 1 atom stereocenters. The molecular weight excluding hydrogens is 290 g/mol. The second-order valence-electron chi connectivity index (χ2n) is 6.38. The Hall–Kier alpha value is -1.85. The van der Waals surface area contributed by atoms with Crippen LogP contribution in [0.25, 0.3) is 0 Å². The number of para-hydroxylation sites is 1. The standard InChI is InChI=1S/C18H27N3O2/c1-14(2)17-7-5-6-8-18(17)23-13-16(22)12-20(3)10-15-9-19-21(4)11-15/h5-9,11,14,16,22H,10,12-13H2,1-4H3. The van der Waals surface area contributed by atoms with E-state index in [1.54, 1.807) is 4.68 Å². The summed E-state index contributed by atoms with van der Waals surface area (Å²) in [6.07, 6.45) is 3.30. The number of ether oxygens (including phenoxy) is 1. The Balaban J connectivity index is 1.82. The fraction of sp³-hybridized carbons (Fsp3) is 0.500. The fourth-order valence-electron chi connectivity index (χ4n) is 2.62. The fourth-order valence-corrected chi connectivity index (χ4v) is 2.62. The molecule has 126 valence electrons. The lowest BCUT2D eigenvalue weighted by atomic mass is 10.0. The van der Waals surface area contributed by atoms with Crippen LogP contribution in [-0.4, -0.2) is 46.1 Å². The zero-order valence-electron chi connectivity index (χ0n) is 14.4. The maximum absolute atomic E-state index is 10.2. The van der Waals surface area contributed by atoms with Crippen LogP contribution in [0, 0.1) is 0 Å². The quantitative estimate of drug-likeness (QED) is 0.812. The molecule has 2 rings (SSSR count). The summed E-state index contributed by atoms with van der Waals surface area (Å²) < 4.78 is 7.61. The average Bonchev–Trinajstić information content (AvgIpc) is 2.90. The van der Waals surface area contributed by atoms with Gasteiger partial charge in [0.15, 0.2) is 0 Å². The van der Waals surface area contributed by atoms with Gasteiger partial charge in [-0.25, -0.2) is 0 Å². The van der Waals surface area contributed by atoms with Crippen molar-refractivity contribution in [2.24, 2.45) is 7.05 Å². The van der Waals surface area contributed by atoms with Gasteiger partial charge < -0.3 is 9.84 Å². The van der Waals surface area contributed by atoms with Gasteiger partial charge in [-0.3, -0.25) is 9.58 Å². The molecule has 0 saturated carbocycles. The van der Waals surface area contributed by atoms with Crippen LogP contribution in [0.15, 0.2) is 36.7 Å². The molecule has 0 saturated heterocycles. The van der Waals surface area contributed by atoms with E-state index in [9.17, 15) is 5.11 Å². The third-order valence-electron chi connectivity index (χ3n) is 3.71. The van der Waals surface area contributed by atoms with Crippen LogP contribution in [0.4, 0.5) is 0 Å². The lowest BCUT2D eigenvalue weighted by Gasteiger charge is -2.21. The molecule has 1 aromatic heterocycles. The van der Waals surface area contributed by atoms with Crippen LogP contribution in [0.3, 0.4) is 0 Å². The SMILES string of the molecule is CC(C)c1ccccc1OCC(O)CN(C)Cc1cnn(C)c1. The van der Waals surface area contributed by atoms with E-state index in [2.05, 4.69) is 29.9 Å². The predicted molar refractivity (Wildman–Crippen MR) is 91.6 cm³/mol. The molecule has 0 aliphatic heterocycles. The van der Waals surface area contributed by atoms with Crippen LogP contribution in [0.1, 0.15) is 30.9 Å². The Morgan fingerprint density at radius 2 is 2.04 bits per heavy atom. The predicted octanol–water partition coefficient (Wildman–Crippen LogP) is 2.42. The molecule has 5 heteroatoms. The van der Waals surface area contributed by atoms with Gasteiger partial charge in [-0.05, 0) is 24.6 Å². The minimum atomic E-state index is -0.531. The van der Waals surface area contributed by atoms with E-state index in [1.165, 1.54) is 5.56 Å². The highest BCUT2D eigenvalue weighted by molar-refractivity contribution is 5.35. The molecule has 23 heavy (non-hydrogen) atoms. The Labute approximate surface area is 138 Å². The van der Waals surface area contributed by atoms with Gasteiger partial charge in [-0.15, -0.1) is 0 Å². The topological polar surface area (TPSA) is 50.5 Å². The van der Waals surface area contributed by atoms with E-state index in [1.807, 2.05) is 44.7 Å². The molecule has 1 unspecified atom stereocenters. The largest absolute Gasteiger partial charge is 0.491 e. The first-order valence-corrected chi connectivity index (χ1v) is 8.01. The van der Waals surface area contributed by atoms with Crippen molar-refractivity contribution in [3.8, 4) is 5.75 Å². The van der Waals surface area contributed by atoms with E-state index < -0.39 is 6.10 Å². The molecule has 2 aromatic rings. The van der Waals surface area contributed by atoms with Crippen molar-refractivity contribution in [3.63, 3.8) is 0 Å². The first-order chi connectivity index (χ1) is 11.0. The summed E-state index contributed by atoms with van der Waals surface area (Å²) in [5, 5.41) is 14.4. The summed E-state index contributed by atoms with van der Waals surface area (Å²) in [6, 6.07) is 8.00. The number of likely N-dealkylation sites (N-methyl/N-ethyl adjacent to an activating group) is 1. The minimum Gasteiger partial charge on any atom is -0.491 e. The molecule has 0 aliphatic rings. The number of nitrogens with zero attached hydrogens (tertiary/aromatic N) is 3. The highest BCUT2D eigenvalue weighted by atomic mass is 16.5. The van der Waals surface area contributed by atoms with Gasteiger partial charge in [-0.1, -0.05) is 32.0 Å². The van der Waals surface area contributed by atoms with Gasteiger partial charge in [0.1, 0.15) is 18.5 Å². The van der Waals surface area contributed by atoms with Gasteiger partial charge in [0.2, 0.25) is 0 Å². The summed E-state index contributed by atoms with van der Waals surface area (Å²) >= 11 is 0. The van der Waals surface area contributed by atoms with Crippen molar-refractivity contribution < 1.29 is 9.84 Å². The van der Waals surface area contributed by atoms with Crippen molar-refractivity contribution in [2.45, 2.75) is 32.4 Å². The van der Waals surface area contributed by atoms with Crippen LogP contribution in [0.5, 0.6) is 5.75 Å². The van der Waals surface area contributed by atoms with Crippen molar-refractivity contribution in [1.29, 1.82) is 0 Å². The average molecular weight is 317 g/mol. The van der Waals surface area contributed by atoms with Gasteiger partial charge >= 0.3 is 0 Å². The highest BCUT2D eigenvalue weighted by Crippen LogP contribution is 2.25. The van der Waals surface area contributed by atoms with Crippen molar-refractivity contribution in [1.82, 2.24) is 14.7 Å². The van der Waals surface area contributed by atoms with Gasteiger partial charge in [0, 0.05) is 31.9 Å². The van der Waals surface area contributed by atoms with Crippen molar-refractivity contribution in [2.75, 3.05) is 20.2 Å². The first-order valence-electron chi connectivity index (χ1n) is 8.01. The first kappa shape index (κ1) is 17.5. The molecule has 0 fully saturated rings. The third-order valence-corrected chi connectivity index (χ3v) is 3.71. The normalized spacial score (nSPS) is 12.8. The second kappa shape index (κ2) is 8.13. The van der Waals surface area contributed by atoms with E-state index in [0.717, 1.165) is 17.9 Å². The van der Waals surface area contributed by atoms with Crippen LogP contribution in [-0.2, 0) is 13.6 Å². The second-order valence-corrected chi connectivity index (χ2v) is 6.38. The molecule has 1 heterocycles. The third kappa shape index (κ3) is 5.37. The molecule has 1 N–H and O–H groups in total. The van der Waals surface area contributed by atoms with E-state index >= 15 is 0 Å². The smallest absolute Gasteiger partial charge is 0.122 e. The number of aryl methyl sites for hydroxylation is 1. The number of rotatable bonds is 8. The molecule has 0 bridgehead atoms. The summed E-state index contributed by atoms with van der Waals surface area (Å²) in [6.45, 7) is 5.88. The van der Waals surface area contributed by atoms with E-state index in [-0.39, 0.29) is 0 Å². The Morgan fingerprint density at radius 1 is 1.30 bits per heavy atom. The Kier molecular flexibility index (Phi) is 6.19. The lowest BCUT2D eigenvalue weighted by Crippen LogP contribution is -2.32. The zero-order valence-corrected chi connectivity index (χ0v) is 14.4. The van der Waals surface area contributed by atoms with Crippen molar-refractivity contribution >= 4 is 0 Å². The number of hydrogen-bond acceptors (Lipinski definition) is 4. The van der Waals surface area contributed by atoms with Crippen LogP contribution >= 0.6 is 0 Å². The molecule has 0 amide bonds. The number of benzene rings is 1.